The molecule has 1 atom stereocenters. The van der Waals surface area contributed by atoms with Gasteiger partial charge in [-0.2, -0.15) is 0 Å². The fraction of sp³-hybridized carbons (Fsp3) is 0.750. The molecule has 0 radical (unpaired) electrons. The van der Waals surface area contributed by atoms with Crippen LogP contribution < -0.4 is 10.6 Å². The minimum Gasteiger partial charge on any atom is -0.481 e. The van der Waals surface area contributed by atoms with Crippen LogP contribution in [0.1, 0.15) is 39.0 Å². The summed E-state index contributed by atoms with van der Waals surface area (Å²) in [6, 6.07) is -2.04. The molecule has 0 bridgehead atoms. The number of hydrogen-bond acceptors (Lipinski definition) is 3. The highest BCUT2D eigenvalue weighted by Gasteiger charge is 2.35. The zero-order valence-corrected chi connectivity index (χ0v) is 10.9. The zero-order valence-electron chi connectivity index (χ0n) is 10.9. The first-order chi connectivity index (χ1) is 8.88. The van der Waals surface area contributed by atoms with Crippen LogP contribution in [0.25, 0.3) is 0 Å². The Kier molecular flexibility index (Phi) is 5.14. The molecule has 1 aliphatic rings. The Morgan fingerprint density at radius 1 is 1.26 bits per heavy atom. The van der Waals surface area contributed by atoms with Gasteiger partial charge in [0.1, 0.15) is 6.04 Å². The molecule has 0 saturated heterocycles. The summed E-state index contributed by atoms with van der Waals surface area (Å²) in [5.41, 5.74) is 0.128. The molecule has 1 fully saturated rings. The van der Waals surface area contributed by atoms with Gasteiger partial charge in [0.05, 0.1) is 6.42 Å². The predicted octanol–water partition coefficient (Wildman–Crippen LogP) is 0.794. The molecule has 1 saturated carbocycles. The predicted molar refractivity (Wildman–Crippen MR) is 66.8 cm³/mol. The zero-order chi connectivity index (χ0) is 14.5. The highest BCUT2D eigenvalue weighted by atomic mass is 16.4. The molecule has 0 spiro atoms. The second-order valence-corrected chi connectivity index (χ2v) is 5.02. The third-order valence-electron chi connectivity index (χ3n) is 3.77. The summed E-state index contributed by atoms with van der Waals surface area (Å²) in [6.45, 7) is 2.55. The number of aliphatic carboxylic acids is 2. The third kappa shape index (κ3) is 4.42. The van der Waals surface area contributed by atoms with Crippen LogP contribution in [0, 0.1) is 5.41 Å². The van der Waals surface area contributed by atoms with Crippen molar-refractivity contribution < 1.29 is 24.6 Å². The summed E-state index contributed by atoms with van der Waals surface area (Å²) >= 11 is 0. The Balaban J connectivity index is 2.40. The van der Waals surface area contributed by atoms with E-state index >= 15 is 0 Å². The third-order valence-corrected chi connectivity index (χ3v) is 3.77. The summed E-state index contributed by atoms with van der Waals surface area (Å²) in [7, 11) is 0. The molecular weight excluding hydrogens is 252 g/mol. The van der Waals surface area contributed by atoms with Crippen LogP contribution in [0.4, 0.5) is 4.79 Å². The van der Waals surface area contributed by atoms with Gasteiger partial charge in [0.2, 0.25) is 0 Å². The number of amides is 2. The lowest BCUT2D eigenvalue weighted by molar-refractivity contribution is -0.145. The summed E-state index contributed by atoms with van der Waals surface area (Å²) < 4.78 is 0. The molecule has 7 nitrogen and oxygen atoms in total. The molecule has 0 unspecified atom stereocenters. The van der Waals surface area contributed by atoms with Gasteiger partial charge in [-0.25, -0.2) is 9.59 Å². The van der Waals surface area contributed by atoms with Gasteiger partial charge in [0.15, 0.2) is 0 Å². The topological polar surface area (TPSA) is 116 Å². The number of hydrogen-bond donors (Lipinski definition) is 4. The lowest BCUT2D eigenvalue weighted by Crippen LogP contribution is -2.50. The van der Waals surface area contributed by atoms with Crippen molar-refractivity contribution in [1.82, 2.24) is 10.6 Å². The molecule has 0 aromatic heterocycles. The van der Waals surface area contributed by atoms with Crippen LogP contribution in [0.15, 0.2) is 0 Å². The van der Waals surface area contributed by atoms with Crippen molar-refractivity contribution in [3.63, 3.8) is 0 Å². The molecule has 0 aromatic carbocycles. The van der Waals surface area contributed by atoms with E-state index in [1.54, 1.807) is 0 Å². The lowest BCUT2D eigenvalue weighted by atomic mass is 9.67. The second-order valence-electron chi connectivity index (χ2n) is 5.02. The number of nitrogens with one attached hydrogen (secondary N) is 2. The molecule has 1 aliphatic carbocycles. The molecule has 1 rings (SSSR count). The van der Waals surface area contributed by atoms with Crippen molar-refractivity contribution in [2.45, 2.75) is 45.1 Å². The smallest absolute Gasteiger partial charge is 0.326 e. The Morgan fingerprint density at radius 2 is 1.89 bits per heavy atom. The number of rotatable bonds is 7. The van der Waals surface area contributed by atoms with E-state index in [-0.39, 0.29) is 5.41 Å². The second kappa shape index (κ2) is 6.40. The Bertz CT molecular complexity index is 360. The fourth-order valence-corrected chi connectivity index (χ4v) is 2.18. The van der Waals surface area contributed by atoms with Gasteiger partial charge in [-0.15, -0.1) is 0 Å². The molecule has 0 heterocycles. The van der Waals surface area contributed by atoms with E-state index in [1.165, 1.54) is 0 Å². The van der Waals surface area contributed by atoms with Crippen LogP contribution in [0.2, 0.25) is 0 Å². The van der Waals surface area contributed by atoms with Gasteiger partial charge in [-0.1, -0.05) is 13.3 Å². The van der Waals surface area contributed by atoms with E-state index in [0.717, 1.165) is 25.7 Å². The van der Waals surface area contributed by atoms with Crippen molar-refractivity contribution >= 4 is 18.0 Å². The van der Waals surface area contributed by atoms with Crippen LogP contribution in [-0.4, -0.2) is 40.8 Å². The summed E-state index contributed by atoms with van der Waals surface area (Å²) in [5, 5.41) is 22.1. The van der Waals surface area contributed by atoms with E-state index in [9.17, 15) is 14.4 Å². The van der Waals surface area contributed by atoms with Crippen molar-refractivity contribution in [3.8, 4) is 0 Å². The molecule has 4 N–H and O–H groups in total. The van der Waals surface area contributed by atoms with E-state index < -0.39 is 30.4 Å². The highest BCUT2D eigenvalue weighted by molar-refractivity contribution is 5.86. The van der Waals surface area contributed by atoms with Crippen LogP contribution >= 0.6 is 0 Å². The minimum atomic E-state index is -1.41. The molecule has 7 heteroatoms. The first kappa shape index (κ1) is 15.3. The van der Waals surface area contributed by atoms with E-state index in [0.29, 0.717) is 6.54 Å². The average molecular weight is 272 g/mol. The van der Waals surface area contributed by atoms with Gasteiger partial charge < -0.3 is 20.8 Å². The lowest BCUT2D eigenvalue weighted by Gasteiger charge is -2.41. The first-order valence-corrected chi connectivity index (χ1v) is 6.37. The van der Waals surface area contributed by atoms with E-state index in [2.05, 4.69) is 17.6 Å². The number of urea groups is 1. The number of carbonyl (C=O) groups is 3. The normalized spacial score (nSPS) is 17.9. The highest BCUT2D eigenvalue weighted by Crippen LogP contribution is 2.42. The Labute approximate surface area is 111 Å². The number of carbonyl (C=O) groups excluding carboxylic acids is 1. The van der Waals surface area contributed by atoms with Gasteiger partial charge in [-0.05, 0) is 24.7 Å². The van der Waals surface area contributed by atoms with Crippen molar-refractivity contribution in [3.05, 3.63) is 0 Å². The Morgan fingerprint density at radius 3 is 2.26 bits per heavy atom. The monoisotopic (exact) mass is 272 g/mol. The van der Waals surface area contributed by atoms with Crippen LogP contribution in [-0.2, 0) is 9.59 Å². The van der Waals surface area contributed by atoms with E-state index in [1.807, 2.05) is 0 Å². The van der Waals surface area contributed by atoms with Crippen molar-refractivity contribution in [1.29, 1.82) is 0 Å². The molecule has 0 aromatic rings. The molecule has 0 aliphatic heterocycles. The molecule has 19 heavy (non-hydrogen) atoms. The van der Waals surface area contributed by atoms with Gasteiger partial charge in [-0.3, -0.25) is 4.79 Å². The van der Waals surface area contributed by atoms with Gasteiger partial charge in [0.25, 0.3) is 0 Å². The number of carboxylic acid groups (broad SMARTS) is 2. The summed E-state index contributed by atoms with van der Waals surface area (Å²) in [5.74, 6) is -2.62. The molecule has 108 valence electrons. The average Bonchev–Trinajstić information content (AvgIpc) is 2.26. The van der Waals surface area contributed by atoms with Crippen molar-refractivity contribution in [2.75, 3.05) is 6.54 Å². The minimum absolute atomic E-state index is 0.128. The van der Waals surface area contributed by atoms with Gasteiger partial charge in [0, 0.05) is 6.54 Å². The standard InChI is InChI=1S/C12H20N2O5/c1-2-12(4-3-5-12)7-13-11(19)14-8(10(17)18)6-9(15)16/h8H,2-7H2,1H3,(H,15,16)(H,17,18)(H2,13,14,19)/t8-/m1/s1. The molecule has 2 amide bonds. The Hall–Kier alpha value is -1.79. The van der Waals surface area contributed by atoms with Crippen molar-refractivity contribution in [2.24, 2.45) is 5.41 Å². The van der Waals surface area contributed by atoms with E-state index in [4.69, 9.17) is 10.2 Å². The largest absolute Gasteiger partial charge is 0.481 e. The van der Waals surface area contributed by atoms with Crippen LogP contribution in [0.3, 0.4) is 0 Å². The first-order valence-electron chi connectivity index (χ1n) is 6.37. The summed E-state index contributed by atoms with van der Waals surface area (Å²) in [4.78, 5) is 32.8. The maximum Gasteiger partial charge on any atom is 0.326 e. The fourth-order valence-electron chi connectivity index (χ4n) is 2.18. The maximum absolute atomic E-state index is 11.6. The number of carboxylic acids is 2. The molecular formula is C12H20N2O5. The van der Waals surface area contributed by atoms with Gasteiger partial charge >= 0.3 is 18.0 Å². The maximum atomic E-state index is 11.6. The summed E-state index contributed by atoms with van der Waals surface area (Å²) in [6.07, 6.45) is 3.59. The quantitative estimate of drug-likeness (QED) is 0.547. The van der Waals surface area contributed by atoms with Crippen LogP contribution in [0.5, 0.6) is 0 Å². The SMILES string of the molecule is CCC1(CNC(=O)N[C@H](CC(=O)O)C(=O)O)CCC1.